The third-order valence-corrected chi connectivity index (χ3v) is 5.49. The minimum absolute atomic E-state index is 0.100. The average molecular weight is 468 g/mol. The number of aromatic hydroxyl groups is 1. The van der Waals surface area contributed by atoms with Crippen molar-refractivity contribution in [2.75, 3.05) is 18.6 Å². The third-order valence-electron chi connectivity index (χ3n) is 5.49. The molecule has 0 saturated carbocycles. The molecule has 1 N–H and O–H groups in total. The molecule has 6 nitrogen and oxygen atoms in total. The maximum atomic E-state index is 13.5. The van der Waals surface area contributed by atoms with Gasteiger partial charge in [-0.1, -0.05) is 42.5 Å². The Morgan fingerprint density at radius 3 is 2.29 bits per heavy atom. The molecule has 1 aliphatic rings. The van der Waals surface area contributed by atoms with Crippen molar-refractivity contribution in [3.05, 3.63) is 120 Å². The molecule has 3 aromatic carbocycles. The number of carbonyl (C=O) groups is 2. The fraction of sp³-hybridized carbons (Fsp3) is 0.103. The lowest BCUT2D eigenvalue weighted by Gasteiger charge is -2.30. The third kappa shape index (κ3) is 5.17. The van der Waals surface area contributed by atoms with Crippen LogP contribution in [-0.4, -0.2) is 30.6 Å². The number of nitrogens with zero attached hydrogens (tertiary/aromatic N) is 1. The first kappa shape index (κ1) is 23.6. The second kappa shape index (κ2) is 10.6. The SMILES string of the molecule is CCOC(=O)/C=C1\C(c2ccccc2)=CC(C(=O)c2ccccc2O)=CN1c1ccc(OC)cc1. The number of hydrogen-bond acceptors (Lipinski definition) is 6. The quantitative estimate of drug-likeness (QED) is 0.280. The Labute approximate surface area is 204 Å². The van der Waals surface area contributed by atoms with Crippen LogP contribution in [0.25, 0.3) is 5.57 Å². The summed E-state index contributed by atoms with van der Waals surface area (Å²) in [5, 5.41) is 10.3. The minimum atomic E-state index is -0.494. The molecule has 0 radical (unpaired) electrons. The highest BCUT2D eigenvalue weighted by Crippen LogP contribution is 2.37. The molecule has 0 fully saturated rings. The van der Waals surface area contributed by atoms with Crippen molar-refractivity contribution in [2.45, 2.75) is 6.92 Å². The van der Waals surface area contributed by atoms with E-state index in [-0.39, 0.29) is 23.7 Å². The van der Waals surface area contributed by atoms with E-state index in [2.05, 4.69) is 0 Å². The van der Waals surface area contributed by atoms with Gasteiger partial charge in [0.2, 0.25) is 0 Å². The van der Waals surface area contributed by atoms with Crippen LogP contribution in [0, 0.1) is 0 Å². The van der Waals surface area contributed by atoms with Crippen LogP contribution in [0.3, 0.4) is 0 Å². The van der Waals surface area contributed by atoms with E-state index in [0.717, 1.165) is 5.56 Å². The zero-order chi connectivity index (χ0) is 24.8. The van der Waals surface area contributed by atoms with Crippen molar-refractivity contribution in [3.8, 4) is 11.5 Å². The van der Waals surface area contributed by atoms with E-state index in [0.29, 0.717) is 28.3 Å². The number of ketones is 1. The second-order valence-corrected chi connectivity index (χ2v) is 7.70. The second-order valence-electron chi connectivity index (χ2n) is 7.70. The van der Waals surface area contributed by atoms with Crippen LogP contribution in [0.1, 0.15) is 22.8 Å². The fourth-order valence-corrected chi connectivity index (χ4v) is 3.80. The lowest BCUT2D eigenvalue weighted by atomic mass is 9.92. The van der Waals surface area contributed by atoms with Crippen molar-refractivity contribution in [1.29, 1.82) is 0 Å². The summed E-state index contributed by atoms with van der Waals surface area (Å²) in [6, 6.07) is 23.2. The van der Waals surface area contributed by atoms with Crippen LogP contribution in [0.15, 0.2) is 108 Å². The van der Waals surface area contributed by atoms with Crippen LogP contribution in [0.4, 0.5) is 5.69 Å². The summed E-state index contributed by atoms with van der Waals surface area (Å²) in [6.07, 6.45) is 4.81. The molecule has 1 heterocycles. The summed E-state index contributed by atoms with van der Waals surface area (Å²) >= 11 is 0. The number of ether oxygens (including phenoxy) is 2. The number of methoxy groups -OCH3 is 1. The van der Waals surface area contributed by atoms with Crippen LogP contribution >= 0.6 is 0 Å². The zero-order valence-corrected chi connectivity index (χ0v) is 19.5. The summed E-state index contributed by atoms with van der Waals surface area (Å²) in [7, 11) is 1.58. The lowest BCUT2D eigenvalue weighted by Crippen LogP contribution is -2.24. The average Bonchev–Trinajstić information content (AvgIpc) is 2.89. The molecular weight excluding hydrogens is 442 g/mol. The molecule has 0 saturated heterocycles. The molecule has 3 aromatic rings. The van der Waals surface area contributed by atoms with Crippen molar-refractivity contribution in [1.82, 2.24) is 0 Å². The lowest BCUT2D eigenvalue weighted by molar-refractivity contribution is -0.137. The Bertz CT molecular complexity index is 1320. The van der Waals surface area contributed by atoms with E-state index in [1.807, 2.05) is 42.5 Å². The number of hydrogen-bond donors (Lipinski definition) is 1. The van der Waals surface area contributed by atoms with Crippen molar-refractivity contribution in [2.24, 2.45) is 0 Å². The van der Waals surface area contributed by atoms with Gasteiger partial charge >= 0.3 is 5.97 Å². The van der Waals surface area contributed by atoms with E-state index in [4.69, 9.17) is 9.47 Å². The van der Waals surface area contributed by atoms with Gasteiger partial charge in [0.1, 0.15) is 11.5 Å². The maximum absolute atomic E-state index is 13.5. The molecule has 1 aliphatic heterocycles. The summed E-state index contributed by atoms with van der Waals surface area (Å²) in [4.78, 5) is 27.8. The number of phenols is 1. The van der Waals surface area contributed by atoms with Gasteiger partial charge in [-0.25, -0.2) is 4.79 Å². The normalized spacial score (nSPS) is 14.2. The number of carbonyl (C=O) groups excluding carboxylic acids is 2. The van der Waals surface area contributed by atoms with Gasteiger partial charge in [-0.3, -0.25) is 4.79 Å². The Morgan fingerprint density at radius 1 is 0.943 bits per heavy atom. The van der Waals surface area contributed by atoms with Crippen LogP contribution in [0.5, 0.6) is 11.5 Å². The smallest absolute Gasteiger partial charge is 0.332 e. The largest absolute Gasteiger partial charge is 0.507 e. The summed E-state index contributed by atoms with van der Waals surface area (Å²) in [5.74, 6) is -0.260. The molecule has 0 spiro atoms. The zero-order valence-electron chi connectivity index (χ0n) is 19.5. The Balaban J connectivity index is 1.91. The van der Waals surface area contributed by atoms with Crippen molar-refractivity contribution < 1.29 is 24.2 Å². The van der Waals surface area contributed by atoms with Gasteiger partial charge in [-0.2, -0.15) is 0 Å². The van der Waals surface area contributed by atoms with Gasteiger partial charge in [-0.05, 0) is 55.0 Å². The Kier molecular flexibility index (Phi) is 7.12. The Morgan fingerprint density at radius 2 is 1.63 bits per heavy atom. The fourth-order valence-electron chi connectivity index (χ4n) is 3.80. The number of Topliss-reactive ketones (excluding diaryl/α,β-unsaturated/α-hetero) is 1. The van der Waals surface area contributed by atoms with Gasteiger partial charge in [0.15, 0.2) is 5.78 Å². The van der Waals surface area contributed by atoms with Gasteiger partial charge in [0.25, 0.3) is 0 Å². The molecule has 0 atom stereocenters. The van der Waals surface area contributed by atoms with E-state index in [1.165, 1.54) is 12.1 Å². The molecular formula is C29H25NO5. The van der Waals surface area contributed by atoms with E-state index in [1.54, 1.807) is 61.5 Å². The van der Waals surface area contributed by atoms with Gasteiger partial charge in [0.05, 0.1) is 25.0 Å². The number of benzene rings is 3. The van der Waals surface area contributed by atoms with Crippen LogP contribution in [-0.2, 0) is 9.53 Å². The highest BCUT2D eigenvalue weighted by Gasteiger charge is 2.26. The standard InChI is InChI=1S/C29H25NO5/c1-3-35-28(32)18-26-25(20-9-5-4-6-10-20)17-21(29(33)24-11-7-8-12-27(24)31)19-30(26)22-13-15-23(34-2)16-14-22/h4-19,31H,3H2,1-2H3/b26-18+. The first-order valence-corrected chi connectivity index (χ1v) is 11.2. The van der Waals surface area contributed by atoms with Crippen molar-refractivity contribution in [3.63, 3.8) is 0 Å². The molecule has 4 rings (SSSR count). The first-order valence-electron chi connectivity index (χ1n) is 11.2. The Hall–Kier alpha value is -4.58. The maximum Gasteiger partial charge on any atom is 0.332 e. The number of rotatable bonds is 7. The molecule has 0 aromatic heterocycles. The molecule has 0 amide bonds. The number of anilines is 1. The van der Waals surface area contributed by atoms with E-state index < -0.39 is 5.97 Å². The number of esters is 1. The molecule has 0 bridgehead atoms. The first-order chi connectivity index (χ1) is 17.0. The predicted molar refractivity (Wildman–Crippen MR) is 135 cm³/mol. The highest BCUT2D eigenvalue weighted by molar-refractivity contribution is 6.15. The number of para-hydroxylation sites is 1. The van der Waals surface area contributed by atoms with Crippen LogP contribution in [0.2, 0.25) is 0 Å². The highest BCUT2D eigenvalue weighted by atomic mass is 16.5. The van der Waals surface area contributed by atoms with Gasteiger partial charge in [-0.15, -0.1) is 0 Å². The summed E-state index contributed by atoms with van der Waals surface area (Å²) in [5.41, 5.74) is 3.28. The minimum Gasteiger partial charge on any atom is -0.507 e. The molecule has 176 valence electrons. The number of phenolic OH excluding ortho intramolecular Hbond substituents is 1. The summed E-state index contributed by atoms with van der Waals surface area (Å²) < 4.78 is 10.5. The van der Waals surface area contributed by atoms with Gasteiger partial charge in [0, 0.05) is 29.1 Å². The molecule has 35 heavy (non-hydrogen) atoms. The molecule has 6 heteroatoms. The molecule has 0 aliphatic carbocycles. The van der Waals surface area contributed by atoms with Gasteiger partial charge < -0.3 is 19.5 Å². The monoisotopic (exact) mass is 467 g/mol. The summed E-state index contributed by atoms with van der Waals surface area (Å²) in [6.45, 7) is 1.98. The topological polar surface area (TPSA) is 76.1 Å². The van der Waals surface area contributed by atoms with E-state index in [9.17, 15) is 14.7 Å². The van der Waals surface area contributed by atoms with E-state index >= 15 is 0 Å². The molecule has 0 unspecified atom stereocenters. The predicted octanol–water partition coefficient (Wildman–Crippen LogP) is 5.52. The van der Waals surface area contributed by atoms with Crippen LogP contribution < -0.4 is 9.64 Å². The van der Waals surface area contributed by atoms with Crippen molar-refractivity contribution >= 4 is 23.0 Å². The number of allylic oxidation sites excluding steroid dienone is 3.